The van der Waals surface area contributed by atoms with E-state index in [1.165, 1.54) is 11.1 Å². The van der Waals surface area contributed by atoms with Crippen molar-refractivity contribution >= 4 is 11.8 Å². The molecular formula is C11H16OS. The van der Waals surface area contributed by atoms with Gasteiger partial charge in [0.1, 0.15) is 0 Å². The van der Waals surface area contributed by atoms with E-state index in [1.54, 1.807) is 7.11 Å². The molecule has 0 bridgehead atoms. The molecule has 0 aromatic heterocycles. The summed E-state index contributed by atoms with van der Waals surface area (Å²) in [5.41, 5.74) is 2.72. The molecule has 0 saturated carbocycles. The summed E-state index contributed by atoms with van der Waals surface area (Å²) >= 11 is 1.91. The summed E-state index contributed by atoms with van der Waals surface area (Å²) in [6.45, 7) is 2.96. The van der Waals surface area contributed by atoms with Gasteiger partial charge in [0.15, 0.2) is 0 Å². The largest absolute Gasteiger partial charge is 0.384 e. The average molecular weight is 196 g/mol. The number of benzene rings is 1. The third-order valence-electron chi connectivity index (χ3n) is 1.82. The zero-order chi connectivity index (χ0) is 9.52. The van der Waals surface area contributed by atoms with Crippen LogP contribution in [-0.4, -0.2) is 19.5 Å². The summed E-state index contributed by atoms with van der Waals surface area (Å²) in [7, 11) is 1.74. The molecule has 0 aliphatic heterocycles. The summed E-state index contributed by atoms with van der Waals surface area (Å²) in [5.74, 6) is 2.16. The van der Waals surface area contributed by atoms with Gasteiger partial charge < -0.3 is 4.74 Å². The van der Waals surface area contributed by atoms with E-state index >= 15 is 0 Å². The third kappa shape index (κ3) is 4.34. The molecule has 1 nitrogen and oxygen atoms in total. The van der Waals surface area contributed by atoms with Gasteiger partial charge in [-0.1, -0.05) is 29.8 Å². The van der Waals surface area contributed by atoms with Crippen LogP contribution < -0.4 is 0 Å². The van der Waals surface area contributed by atoms with Crippen LogP contribution in [-0.2, 0) is 10.5 Å². The van der Waals surface area contributed by atoms with Crippen molar-refractivity contribution in [3.63, 3.8) is 0 Å². The van der Waals surface area contributed by atoms with Crippen LogP contribution in [0.15, 0.2) is 24.3 Å². The van der Waals surface area contributed by atoms with Crippen molar-refractivity contribution in [2.75, 3.05) is 19.5 Å². The first-order valence-corrected chi connectivity index (χ1v) is 5.60. The van der Waals surface area contributed by atoms with Gasteiger partial charge in [0, 0.05) is 18.6 Å². The molecule has 0 radical (unpaired) electrons. The fourth-order valence-corrected chi connectivity index (χ4v) is 1.87. The van der Waals surface area contributed by atoms with Gasteiger partial charge in [-0.05, 0) is 12.5 Å². The number of hydrogen-bond donors (Lipinski definition) is 0. The number of aryl methyl sites for hydroxylation is 1. The van der Waals surface area contributed by atoms with Crippen molar-refractivity contribution in [1.29, 1.82) is 0 Å². The number of ether oxygens (including phenoxy) is 1. The molecule has 0 N–H and O–H groups in total. The lowest BCUT2D eigenvalue weighted by atomic mass is 10.2. The summed E-state index contributed by atoms with van der Waals surface area (Å²) in [5, 5.41) is 0. The monoisotopic (exact) mass is 196 g/mol. The molecule has 0 amide bonds. The summed E-state index contributed by atoms with van der Waals surface area (Å²) in [4.78, 5) is 0. The SMILES string of the molecule is COCCSCc1ccc(C)cc1. The van der Waals surface area contributed by atoms with E-state index in [0.717, 1.165) is 18.1 Å². The molecule has 1 aromatic rings. The number of rotatable bonds is 5. The Morgan fingerprint density at radius 3 is 2.54 bits per heavy atom. The van der Waals surface area contributed by atoms with Crippen molar-refractivity contribution in [3.8, 4) is 0 Å². The van der Waals surface area contributed by atoms with Crippen LogP contribution in [0.1, 0.15) is 11.1 Å². The normalized spacial score (nSPS) is 10.3. The average Bonchev–Trinajstić information content (AvgIpc) is 2.15. The summed E-state index contributed by atoms with van der Waals surface area (Å²) in [6.07, 6.45) is 0. The van der Waals surface area contributed by atoms with E-state index in [-0.39, 0.29) is 0 Å². The highest BCUT2D eigenvalue weighted by atomic mass is 32.2. The topological polar surface area (TPSA) is 9.23 Å². The van der Waals surface area contributed by atoms with E-state index in [1.807, 2.05) is 11.8 Å². The van der Waals surface area contributed by atoms with E-state index < -0.39 is 0 Å². The lowest BCUT2D eigenvalue weighted by molar-refractivity contribution is 0.218. The van der Waals surface area contributed by atoms with Gasteiger partial charge in [-0.15, -0.1) is 0 Å². The molecule has 0 saturated heterocycles. The van der Waals surface area contributed by atoms with Crippen molar-refractivity contribution in [2.24, 2.45) is 0 Å². The van der Waals surface area contributed by atoms with Gasteiger partial charge in [-0.2, -0.15) is 11.8 Å². The van der Waals surface area contributed by atoms with Crippen LogP contribution in [0.2, 0.25) is 0 Å². The van der Waals surface area contributed by atoms with Crippen molar-refractivity contribution in [1.82, 2.24) is 0 Å². The standard InChI is InChI=1S/C11H16OS/c1-10-3-5-11(6-4-10)9-13-8-7-12-2/h3-6H,7-9H2,1-2H3. The fraction of sp³-hybridized carbons (Fsp3) is 0.455. The maximum atomic E-state index is 4.98. The predicted molar refractivity (Wildman–Crippen MR) is 59.2 cm³/mol. The Kier molecular flexibility index (Phi) is 4.94. The second-order valence-corrected chi connectivity index (χ2v) is 4.14. The minimum atomic E-state index is 0.844. The molecule has 2 heteroatoms. The molecule has 1 rings (SSSR count). The number of hydrogen-bond acceptors (Lipinski definition) is 2. The van der Waals surface area contributed by atoms with Gasteiger partial charge in [-0.25, -0.2) is 0 Å². The van der Waals surface area contributed by atoms with Gasteiger partial charge in [0.25, 0.3) is 0 Å². The Balaban J connectivity index is 2.25. The fourth-order valence-electron chi connectivity index (χ4n) is 1.02. The Morgan fingerprint density at radius 1 is 1.23 bits per heavy atom. The van der Waals surface area contributed by atoms with Crippen LogP contribution in [0.25, 0.3) is 0 Å². The molecule has 0 unspecified atom stereocenters. The van der Waals surface area contributed by atoms with Crippen LogP contribution in [0.4, 0.5) is 0 Å². The van der Waals surface area contributed by atoms with Crippen LogP contribution >= 0.6 is 11.8 Å². The second kappa shape index (κ2) is 6.06. The van der Waals surface area contributed by atoms with E-state index in [9.17, 15) is 0 Å². The smallest absolute Gasteiger partial charge is 0.0553 e. The maximum Gasteiger partial charge on any atom is 0.0553 e. The highest BCUT2D eigenvalue weighted by Gasteiger charge is 1.92. The molecule has 0 fully saturated rings. The molecular weight excluding hydrogens is 180 g/mol. The van der Waals surface area contributed by atoms with Crippen molar-refractivity contribution < 1.29 is 4.74 Å². The van der Waals surface area contributed by atoms with E-state index in [0.29, 0.717) is 0 Å². The Bertz CT molecular complexity index is 230. The van der Waals surface area contributed by atoms with Crippen LogP contribution in [0.5, 0.6) is 0 Å². The lowest BCUT2D eigenvalue weighted by Gasteiger charge is -2.01. The predicted octanol–water partition coefficient (Wildman–Crippen LogP) is 2.87. The highest BCUT2D eigenvalue weighted by Crippen LogP contribution is 2.12. The Hall–Kier alpha value is -0.470. The Morgan fingerprint density at radius 2 is 1.92 bits per heavy atom. The third-order valence-corrected chi connectivity index (χ3v) is 2.81. The molecule has 0 atom stereocenters. The summed E-state index contributed by atoms with van der Waals surface area (Å²) in [6, 6.07) is 8.70. The van der Waals surface area contributed by atoms with Crippen LogP contribution in [0, 0.1) is 6.92 Å². The molecule has 0 heterocycles. The summed E-state index contributed by atoms with van der Waals surface area (Å²) < 4.78 is 4.98. The molecule has 0 aliphatic rings. The number of methoxy groups -OCH3 is 1. The van der Waals surface area contributed by atoms with Crippen molar-refractivity contribution in [3.05, 3.63) is 35.4 Å². The zero-order valence-electron chi connectivity index (χ0n) is 8.25. The molecule has 72 valence electrons. The first-order valence-electron chi connectivity index (χ1n) is 4.45. The van der Waals surface area contributed by atoms with Gasteiger partial charge in [0.2, 0.25) is 0 Å². The van der Waals surface area contributed by atoms with E-state index in [4.69, 9.17) is 4.74 Å². The lowest BCUT2D eigenvalue weighted by Crippen LogP contribution is -1.92. The van der Waals surface area contributed by atoms with Gasteiger partial charge in [0.05, 0.1) is 6.61 Å². The van der Waals surface area contributed by atoms with Gasteiger partial charge in [-0.3, -0.25) is 0 Å². The molecule has 1 aromatic carbocycles. The number of thioether (sulfide) groups is 1. The molecule has 0 spiro atoms. The minimum Gasteiger partial charge on any atom is -0.384 e. The first kappa shape index (κ1) is 10.6. The zero-order valence-corrected chi connectivity index (χ0v) is 9.06. The molecule has 13 heavy (non-hydrogen) atoms. The second-order valence-electron chi connectivity index (χ2n) is 3.03. The Labute approximate surface area is 84.5 Å². The van der Waals surface area contributed by atoms with Gasteiger partial charge >= 0.3 is 0 Å². The maximum absolute atomic E-state index is 4.98. The highest BCUT2D eigenvalue weighted by molar-refractivity contribution is 7.98. The first-order chi connectivity index (χ1) is 6.33. The van der Waals surface area contributed by atoms with Crippen LogP contribution in [0.3, 0.4) is 0 Å². The van der Waals surface area contributed by atoms with Crippen molar-refractivity contribution in [2.45, 2.75) is 12.7 Å². The molecule has 0 aliphatic carbocycles. The quantitative estimate of drug-likeness (QED) is 0.670. The minimum absolute atomic E-state index is 0.844. The van der Waals surface area contributed by atoms with E-state index in [2.05, 4.69) is 31.2 Å².